The van der Waals surface area contributed by atoms with Crippen LogP contribution >= 0.6 is 0 Å². The molecule has 5 nitrogen and oxygen atoms in total. The number of fused-ring (bicyclic) bond motifs is 1. The first-order valence-corrected chi connectivity index (χ1v) is 5.96. The Bertz CT molecular complexity index is 530. The zero-order chi connectivity index (χ0) is 13.0. The van der Waals surface area contributed by atoms with Gasteiger partial charge < -0.3 is 9.47 Å². The van der Waals surface area contributed by atoms with Gasteiger partial charge in [-0.15, -0.1) is 0 Å². The molecule has 0 saturated carbocycles. The Balaban J connectivity index is 2.41. The number of imidazole rings is 1. The molecule has 0 atom stereocenters. The maximum atomic E-state index is 10.9. The maximum absolute atomic E-state index is 10.9. The average Bonchev–Trinajstić information content (AvgIpc) is 2.82. The number of carbonyl (C=O) groups excluding carboxylic acids is 1. The Morgan fingerprint density at radius 3 is 2.67 bits per heavy atom. The lowest BCUT2D eigenvalue weighted by molar-refractivity contribution is -0.142. The predicted molar refractivity (Wildman–Crippen MR) is 66.6 cm³/mol. The van der Waals surface area contributed by atoms with Crippen molar-refractivity contribution in [2.75, 3.05) is 13.2 Å². The van der Waals surface area contributed by atoms with E-state index in [0.29, 0.717) is 30.2 Å². The van der Waals surface area contributed by atoms with Gasteiger partial charge in [0.05, 0.1) is 5.69 Å². The number of carbonyl (C=O) groups is 1. The van der Waals surface area contributed by atoms with Gasteiger partial charge in [0.1, 0.15) is 11.3 Å². The van der Waals surface area contributed by atoms with E-state index in [-0.39, 0.29) is 0 Å². The summed E-state index contributed by atoms with van der Waals surface area (Å²) in [7, 11) is 0. The summed E-state index contributed by atoms with van der Waals surface area (Å²) >= 11 is 0. The molecule has 0 aromatic carbocycles. The zero-order valence-corrected chi connectivity index (χ0v) is 10.5. The van der Waals surface area contributed by atoms with E-state index in [2.05, 4.69) is 4.98 Å². The predicted octanol–water partition coefficient (Wildman–Crippen LogP) is 2.22. The van der Waals surface area contributed by atoms with E-state index in [1.807, 2.05) is 19.9 Å². The second-order valence-corrected chi connectivity index (χ2v) is 3.71. The second kappa shape index (κ2) is 5.75. The highest BCUT2D eigenvalue weighted by Gasteiger charge is 2.16. The molecule has 0 unspecified atom stereocenters. The topological polar surface area (TPSA) is 52.8 Å². The first-order chi connectivity index (χ1) is 8.80. The molecule has 0 aliphatic heterocycles. The fourth-order valence-electron chi connectivity index (χ4n) is 1.78. The van der Waals surface area contributed by atoms with Gasteiger partial charge in [-0.1, -0.05) is 6.07 Å². The molecule has 5 heteroatoms. The summed E-state index contributed by atoms with van der Waals surface area (Å²) in [6.45, 7) is 4.88. The Kier molecular flexibility index (Phi) is 4.07. The molecule has 0 saturated heterocycles. The number of aromatic nitrogens is 2. The Labute approximate surface area is 105 Å². The molecule has 0 fully saturated rings. The number of hydrogen-bond donors (Lipinski definition) is 0. The average molecular weight is 248 g/mol. The van der Waals surface area contributed by atoms with Crippen molar-refractivity contribution in [3.63, 3.8) is 0 Å². The van der Waals surface area contributed by atoms with Crippen LogP contribution in [0, 0.1) is 0 Å². The summed E-state index contributed by atoms with van der Waals surface area (Å²) in [6, 6.07) is 5.37. The summed E-state index contributed by atoms with van der Waals surface area (Å²) in [4.78, 5) is 15.4. The lowest BCUT2D eigenvalue weighted by Gasteiger charge is -2.13. The number of hydrogen-bond acceptors (Lipinski definition) is 4. The molecule has 2 heterocycles. The lowest BCUT2D eigenvalue weighted by atomic mass is 10.3. The van der Waals surface area contributed by atoms with Crippen LogP contribution in [0.1, 0.15) is 36.3 Å². The summed E-state index contributed by atoms with van der Waals surface area (Å²) in [5, 5.41) is 0. The van der Waals surface area contributed by atoms with Crippen LogP contribution < -0.4 is 0 Å². The standard InChI is InChI=1S/C13H16N2O3/c1-3-17-13(18-4-2)11-8-15-10(9-16)6-5-7-12(15)14-11/h5-9,13H,3-4H2,1-2H3. The molecule has 0 bridgehead atoms. The van der Waals surface area contributed by atoms with E-state index in [1.54, 1.807) is 22.7 Å². The number of pyridine rings is 1. The molecule has 0 N–H and O–H groups in total. The van der Waals surface area contributed by atoms with E-state index < -0.39 is 6.29 Å². The molecule has 2 aromatic heterocycles. The van der Waals surface area contributed by atoms with E-state index >= 15 is 0 Å². The van der Waals surface area contributed by atoms with Gasteiger partial charge >= 0.3 is 0 Å². The van der Waals surface area contributed by atoms with Crippen molar-refractivity contribution in [3.05, 3.63) is 35.8 Å². The molecule has 2 aromatic rings. The molecule has 0 radical (unpaired) electrons. The molecular weight excluding hydrogens is 232 g/mol. The normalized spacial score (nSPS) is 11.3. The van der Waals surface area contributed by atoms with Gasteiger partial charge in [-0.3, -0.25) is 9.20 Å². The van der Waals surface area contributed by atoms with Crippen molar-refractivity contribution in [1.82, 2.24) is 9.38 Å². The quantitative estimate of drug-likeness (QED) is 0.581. The minimum atomic E-state index is -0.487. The fourth-order valence-corrected chi connectivity index (χ4v) is 1.78. The van der Waals surface area contributed by atoms with Crippen LogP contribution in [0.3, 0.4) is 0 Å². The highest BCUT2D eigenvalue weighted by molar-refractivity contribution is 5.73. The number of rotatable bonds is 6. The first kappa shape index (κ1) is 12.7. The zero-order valence-electron chi connectivity index (χ0n) is 10.5. The van der Waals surface area contributed by atoms with Gasteiger partial charge in [-0.05, 0) is 26.0 Å². The summed E-state index contributed by atoms with van der Waals surface area (Å²) in [5.41, 5.74) is 1.94. The van der Waals surface area contributed by atoms with Gasteiger partial charge in [0, 0.05) is 19.4 Å². The van der Waals surface area contributed by atoms with Crippen LogP contribution in [0.5, 0.6) is 0 Å². The summed E-state index contributed by atoms with van der Waals surface area (Å²) in [5.74, 6) is 0. The van der Waals surface area contributed by atoms with Crippen LogP contribution in [0.25, 0.3) is 5.65 Å². The summed E-state index contributed by atoms with van der Waals surface area (Å²) in [6.07, 6.45) is 2.09. The van der Waals surface area contributed by atoms with Gasteiger partial charge in [-0.25, -0.2) is 4.98 Å². The minimum absolute atomic E-state index is 0.487. The van der Waals surface area contributed by atoms with Crippen LogP contribution in [-0.2, 0) is 9.47 Å². The van der Waals surface area contributed by atoms with Gasteiger partial charge in [0.2, 0.25) is 6.29 Å². The van der Waals surface area contributed by atoms with E-state index in [1.165, 1.54) is 0 Å². The summed E-state index contributed by atoms with van der Waals surface area (Å²) < 4.78 is 12.7. The van der Waals surface area contributed by atoms with Crippen LogP contribution in [-0.4, -0.2) is 28.9 Å². The van der Waals surface area contributed by atoms with Crippen molar-refractivity contribution >= 4 is 11.9 Å². The molecule has 2 rings (SSSR count). The van der Waals surface area contributed by atoms with E-state index in [4.69, 9.17) is 9.47 Å². The Morgan fingerprint density at radius 1 is 1.33 bits per heavy atom. The lowest BCUT2D eigenvalue weighted by Crippen LogP contribution is -2.09. The first-order valence-electron chi connectivity index (χ1n) is 5.96. The fraction of sp³-hybridized carbons (Fsp3) is 0.385. The van der Waals surface area contributed by atoms with Crippen molar-refractivity contribution < 1.29 is 14.3 Å². The molecular formula is C13H16N2O3. The van der Waals surface area contributed by atoms with Crippen molar-refractivity contribution in [1.29, 1.82) is 0 Å². The third-order valence-corrected chi connectivity index (χ3v) is 2.54. The third kappa shape index (κ3) is 2.42. The number of aldehydes is 1. The minimum Gasteiger partial charge on any atom is -0.347 e. The highest BCUT2D eigenvalue weighted by Crippen LogP contribution is 2.19. The van der Waals surface area contributed by atoms with Crippen molar-refractivity contribution in [2.45, 2.75) is 20.1 Å². The second-order valence-electron chi connectivity index (χ2n) is 3.71. The van der Waals surface area contributed by atoms with Gasteiger partial charge in [-0.2, -0.15) is 0 Å². The van der Waals surface area contributed by atoms with E-state index in [0.717, 1.165) is 6.29 Å². The molecule has 18 heavy (non-hydrogen) atoms. The number of nitrogens with zero attached hydrogens (tertiary/aromatic N) is 2. The molecule has 0 amide bonds. The van der Waals surface area contributed by atoms with Crippen LogP contribution in [0.4, 0.5) is 0 Å². The monoisotopic (exact) mass is 248 g/mol. The molecule has 0 aliphatic rings. The SMILES string of the molecule is CCOC(OCC)c1cn2c(C=O)cccc2n1. The van der Waals surface area contributed by atoms with Crippen LogP contribution in [0.15, 0.2) is 24.4 Å². The van der Waals surface area contributed by atoms with Crippen molar-refractivity contribution in [2.24, 2.45) is 0 Å². The molecule has 0 aliphatic carbocycles. The van der Waals surface area contributed by atoms with Crippen LogP contribution in [0.2, 0.25) is 0 Å². The smallest absolute Gasteiger partial charge is 0.202 e. The Morgan fingerprint density at radius 2 is 2.06 bits per heavy atom. The molecule has 96 valence electrons. The van der Waals surface area contributed by atoms with Gasteiger partial charge in [0.15, 0.2) is 6.29 Å². The maximum Gasteiger partial charge on any atom is 0.202 e. The van der Waals surface area contributed by atoms with Crippen molar-refractivity contribution in [3.8, 4) is 0 Å². The van der Waals surface area contributed by atoms with Gasteiger partial charge in [0.25, 0.3) is 0 Å². The number of ether oxygens (including phenoxy) is 2. The highest BCUT2D eigenvalue weighted by atomic mass is 16.7. The molecule has 0 spiro atoms. The third-order valence-electron chi connectivity index (χ3n) is 2.54. The Hall–Kier alpha value is -1.72. The largest absolute Gasteiger partial charge is 0.347 e. The van der Waals surface area contributed by atoms with E-state index in [9.17, 15) is 4.79 Å².